The molecule has 0 saturated heterocycles. The molecule has 0 fully saturated rings. The van der Waals surface area contributed by atoms with Crippen molar-refractivity contribution in [3.8, 4) is 17.1 Å². The quantitative estimate of drug-likeness (QED) is 0.181. The van der Waals surface area contributed by atoms with Crippen molar-refractivity contribution in [2.45, 2.75) is 0 Å². The first-order valence-electron chi connectivity index (χ1n) is 17.5. The Morgan fingerprint density at radius 2 is 1.15 bits per heavy atom. The molecule has 0 spiro atoms. The predicted octanol–water partition coefficient (Wildman–Crippen LogP) is 13.6. The van der Waals surface area contributed by atoms with Crippen molar-refractivity contribution in [1.29, 1.82) is 0 Å². The van der Waals surface area contributed by atoms with E-state index < -0.39 is 0 Å². The van der Waals surface area contributed by atoms with E-state index >= 15 is 0 Å². The van der Waals surface area contributed by atoms with E-state index in [1.807, 2.05) is 41.7 Å². The van der Waals surface area contributed by atoms with E-state index in [1.54, 1.807) is 0 Å². The van der Waals surface area contributed by atoms with Crippen LogP contribution < -0.4 is 4.90 Å². The maximum atomic E-state index is 6.31. The number of oxazole rings is 1. The van der Waals surface area contributed by atoms with E-state index in [0.29, 0.717) is 5.89 Å². The van der Waals surface area contributed by atoms with E-state index in [1.165, 1.54) is 42.0 Å². The van der Waals surface area contributed by atoms with Gasteiger partial charge in [0.25, 0.3) is 0 Å². The van der Waals surface area contributed by atoms with E-state index in [-0.39, 0.29) is 0 Å². The Balaban J connectivity index is 1.17. The lowest BCUT2D eigenvalue weighted by atomic mass is 10.0. The molecule has 52 heavy (non-hydrogen) atoms. The lowest BCUT2D eigenvalue weighted by Crippen LogP contribution is -2.10. The Labute approximate surface area is 303 Å². The molecule has 3 aromatic heterocycles. The van der Waals surface area contributed by atoms with Gasteiger partial charge >= 0.3 is 0 Å². The molecule has 0 N–H and O–H groups in total. The Bertz CT molecular complexity index is 3140. The number of thiophene rings is 1. The standard InChI is InChI=1S/C47H29N3OS/c1-3-12-30(13-4-1)47-48-46-38-18-11-20-40(35(38)25-27-43(46)51-47)49(33-22-24-37-36-17-8-10-21-44(36)52-45(37)29-33)32-23-26-42-39(28-32)34-16-7-9-19-41(34)50(42)31-14-5-2-6-15-31/h1-29H. The van der Waals surface area contributed by atoms with Gasteiger partial charge in [-0.3, -0.25) is 0 Å². The number of hydrogen-bond donors (Lipinski definition) is 0. The van der Waals surface area contributed by atoms with Gasteiger partial charge in [-0.15, -0.1) is 11.3 Å². The van der Waals surface area contributed by atoms with Crippen LogP contribution in [0.5, 0.6) is 0 Å². The number of para-hydroxylation sites is 2. The van der Waals surface area contributed by atoms with Crippen molar-refractivity contribution in [2.75, 3.05) is 4.90 Å². The van der Waals surface area contributed by atoms with Gasteiger partial charge in [-0.1, -0.05) is 91.0 Å². The van der Waals surface area contributed by atoms with Crippen LogP contribution in [0.3, 0.4) is 0 Å². The highest BCUT2D eigenvalue weighted by atomic mass is 32.1. The lowest BCUT2D eigenvalue weighted by Gasteiger charge is -2.27. The highest BCUT2D eigenvalue weighted by Crippen LogP contribution is 2.45. The number of nitrogens with zero attached hydrogens (tertiary/aromatic N) is 3. The smallest absolute Gasteiger partial charge is 0.227 e. The topological polar surface area (TPSA) is 34.2 Å². The van der Waals surface area contributed by atoms with Gasteiger partial charge in [-0.2, -0.15) is 0 Å². The van der Waals surface area contributed by atoms with Gasteiger partial charge in [0.15, 0.2) is 5.58 Å². The fourth-order valence-electron chi connectivity index (χ4n) is 7.87. The average molecular weight is 684 g/mol. The van der Waals surface area contributed by atoms with Crippen LogP contribution in [-0.2, 0) is 0 Å². The minimum atomic E-state index is 0.626. The molecule has 11 aromatic rings. The Morgan fingerprint density at radius 3 is 2.04 bits per heavy atom. The molecule has 5 heteroatoms. The maximum absolute atomic E-state index is 6.31. The van der Waals surface area contributed by atoms with Gasteiger partial charge in [-0.25, -0.2) is 4.98 Å². The average Bonchev–Trinajstić information content (AvgIpc) is 3.91. The van der Waals surface area contributed by atoms with Crippen molar-refractivity contribution in [1.82, 2.24) is 9.55 Å². The van der Waals surface area contributed by atoms with Gasteiger partial charge < -0.3 is 13.9 Å². The summed E-state index contributed by atoms with van der Waals surface area (Å²) in [4.78, 5) is 7.45. The van der Waals surface area contributed by atoms with Crippen molar-refractivity contribution in [3.05, 3.63) is 176 Å². The number of rotatable bonds is 5. The highest BCUT2D eigenvalue weighted by Gasteiger charge is 2.21. The molecule has 0 saturated carbocycles. The summed E-state index contributed by atoms with van der Waals surface area (Å²) >= 11 is 1.84. The summed E-state index contributed by atoms with van der Waals surface area (Å²) in [6, 6.07) is 62.7. The van der Waals surface area contributed by atoms with Gasteiger partial charge in [-0.05, 0) is 84.9 Å². The van der Waals surface area contributed by atoms with Crippen LogP contribution in [0, 0.1) is 0 Å². The zero-order valence-electron chi connectivity index (χ0n) is 27.9. The largest absolute Gasteiger partial charge is 0.436 e. The van der Waals surface area contributed by atoms with Crippen LogP contribution >= 0.6 is 11.3 Å². The van der Waals surface area contributed by atoms with Crippen LogP contribution in [0.2, 0.25) is 0 Å². The zero-order valence-corrected chi connectivity index (χ0v) is 28.7. The zero-order chi connectivity index (χ0) is 34.2. The number of fused-ring (bicyclic) bond motifs is 9. The highest BCUT2D eigenvalue weighted by molar-refractivity contribution is 7.25. The molecule has 11 rings (SSSR count). The minimum Gasteiger partial charge on any atom is -0.436 e. The van der Waals surface area contributed by atoms with Gasteiger partial charge in [0, 0.05) is 64.3 Å². The molecule has 0 aliphatic carbocycles. The second-order valence-corrected chi connectivity index (χ2v) is 14.3. The van der Waals surface area contributed by atoms with E-state index in [0.717, 1.165) is 50.2 Å². The van der Waals surface area contributed by atoms with E-state index in [9.17, 15) is 0 Å². The molecule has 8 aromatic carbocycles. The molecule has 0 radical (unpaired) electrons. The van der Waals surface area contributed by atoms with E-state index in [2.05, 4.69) is 155 Å². The summed E-state index contributed by atoms with van der Waals surface area (Å²) in [5.41, 5.74) is 9.37. The van der Waals surface area contributed by atoms with Gasteiger partial charge in [0.05, 0.1) is 16.7 Å². The predicted molar refractivity (Wildman–Crippen MR) is 219 cm³/mol. The van der Waals surface area contributed by atoms with Gasteiger partial charge in [0.1, 0.15) is 5.52 Å². The van der Waals surface area contributed by atoms with Crippen LogP contribution in [0.25, 0.3) is 81.0 Å². The monoisotopic (exact) mass is 683 g/mol. The van der Waals surface area contributed by atoms with Crippen LogP contribution in [0.4, 0.5) is 17.1 Å². The first kappa shape index (κ1) is 29.1. The number of anilines is 3. The molecule has 0 aliphatic heterocycles. The van der Waals surface area contributed by atoms with Crippen molar-refractivity contribution in [2.24, 2.45) is 0 Å². The summed E-state index contributed by atoms with van der Waals surface area (Å²) in [6.07, 6.45) is 0. The summed E-state index contributed by atoms with van der Waals surface area (Å²) in [5.74, 6) is 0.626. The summed E-state index contributed by atoms with van der Waals surface area (Å²) in [7, 11) is 0. The SMILES string of the molecule is c1ccc(-c2nc3c(ccc4c(N(c5ccc6c(c5)sc5ccccc56)c5ccc6c(c5)c5ccccc5n6-c5ccccc5)cccc43)o2)cc1. The van der Waals surface area contributed by atoms with Crippen molar-refractivity contribution >= 4 is 92.2 Å². The van der Waals surface area contributed by atoms with Crippen LogP contribution in [0.15, 0.2) is 180 Å². The number of aromatic nitrogens is 2. The second kappa shape index (κ2) is 11.4. The molecule has 244 valence electrons. The van der Waals surface area contributed by atoms with Crippen LogP contribution in [0.1, 0.15) is 0 Å². The normalized spacial score (nSPS) is 11.8. The molecule has 3 heterocycles. The Hall–Kier alpha value is -6.69. The fourth-order valence-corrected chi connectivity index (χ4v) is 9.01. The lowest BCUT2D eigenvalue weighted by molar-refractivity contribution is 0.620. The fraction of sp³-hybridized carbons (Fsp3) is 0. The van der Waals surface area contributed by atoms with Crippen LogP contribution in [-0.4, -0.2) is 9.55 Å². The van der Waals surface area contributed by atoms with Crippen molar-refractivity contribution in [3.63, 3.8) is 0 Å². The van der Waals surface area contributed by atoms with E-state index in [4.69, 9.17) is 9.40 Å². The Morgan fingerprint density at radius 1 is 0.481 bits per heavy atom. The first-order chi connectivity index (χ1) is 25.8. The third-order valence-electron chi connectivity index (χ3n) is 10.2. The summed E-state index contributed by atoms with van der Waals surface area (Å²) in [6.45, 7) is 0. The second-order valence-electron chi connectivity index (χ2n) is 13.2. The third-order valence-corrected chi connectivity index (χ3v) is 11.3. The van der Waals surface area contributed by atoms with Crippen molar-refractivity contribution < 1.29 is 4.42 Å². The molecule has 0 bridgehead atoms. The summed E-state index contributed by atoms with van der Waals surface area (Å²) < 4.78 is 11.2. The van der Waals surface area contributed by atoms with Gasteiger partial charge in [0.2, 0.25) is 5.89 Å². The maximum Gasteiger partial charge on any atom is 0.227 e. The number of benzene rings is 8. The molecule has 0 aliphatic rings. The molecule has 0 atom stereocenters. The number of hydrogen-bond acceptors (Lipinski definition) is 4. The molecule has 4 nitrogen and oxygen atoms in total. The molecule has 0 amide bonds. The Kier molecular flexibility index (Phi) is 6.39. The molecular formula is C47H29N3OS. The third kappa shape index (κ3) is 4.43. The minimum absolute atomic E-state index is 0.626. The molecule has 0 unspecified atom stereocenters. The first-order valence-corrected chi connectivity index (χ1v) is 18.3. The molecular weight excluding hydrogens is 655 g/mol. The summed E-state index contributed by atoms with van der Waals surface area (Å²) in [5, 5.41) is 7.15.